The van der Waals surface area contributed by atoms with Crippen LogP contribution in [0.4, 0.5) is 14.6 Å². The third kappa shape index (κ3) is 6.75. The normalized spacial score (nSPS) is 11.6. The molecule has 0 saturated heterocycles. The number of Topliss-reactive ketones (excluding diaryl/α,β-unsaturated/α-hetero) is 1. The van der Waals surface area contributed by atoms with Gasteiger partial charge >= 0.3 is 0 Å². The van der Waals surface area contributed by atoms with Crippen LogP contribution in [-0.2, 0) is 16.4 Å². The molecule has 5 rings (SSSR count). The number of ether oxygens (including phenoxy) is 1. The zero-order valence-corrected chi connectivity index (χ0v) is 26.0. The number of ketones is 1. The van der Waals surface area contributed by atoms with Crippen LogP contribution in [0.5, 0.6) is 11.5 Å². The summed E-state index contributed by atoms with van der Waals surface area (Å²) in [5.41, 5.74) is 2.36. The maximum Gasteiger partial charge on any atom is 0.230 e. The second-order valence-corrected chi connectivity index (χ2v) is 12.8. The molecule has 3 aromatic heterocycles. The largest absolute Gasteiger partial charge is 0.452 e. The standard InChI is InChI=1S/C33H30F2N4O5S/c1-18(2)39-17-24(32(41)30(20(39)4)22-7-9-23(34)10-8-22)27(40)16-21-6-11-28(25(35)15-21)44-29-12-13-36-26-14-19(3)33(37-31(26)29)38-45(5,42)43/h6-15,17-18H,16H2,1-5H3,(H,37,38). The number of halogens is 2. The van der Waals surface area contributed by atoms with E-state index in [4.69, 9.17) is 4.74 Å². The predicted molar refractivity (Wildman–Crippen MR) is 168 cm³/mol. The highest BCUT2D eigenvalue weighted by Gasteiger charge is 2.21. The molecule has 12 heteroatoms. The Bertz CT molecular complexity index is 2130. The number of benzene rings is 2. The average molecular weight is 633 g/mol. The molecule has 1 N–H and O–H groups in total. The zero-order valence-electron chi connectivity index (χ0n) is 25.2. The van der Waals surface area contributed by atoms with Gasteiger partial charge in [-0.15, -0.1) is 0 Å². The molecule has 0 bridgehead atoms. The molecular formula is C33H30F2N4O5S. The van der Waals surface area contributed by atoms with Crippen molar-refractivity contribution in [1.29, 1.82) is 0 Å². The van der Waals surface area contributed by atoms with Gasteiger partial charge < -0.3 is 9.30 Å². The van der Waals surface area contributed by atoms with Crippen molar-refractivity contribution in [2.75, 3.05) is 11.0 Å². The quantitative estimate of drug-likeness (QED) is 0.184. The van der Waals surface area contributed by atoms with Gasteiger partial charge in [-0.05, 0) is 74.7 Å². The molecule has 9 nitrogen and oxygen atoms in total. The number of hydrogen-bond acceptors (Lipinski definition) is 7. The minimum absolute atomic E-state index is 0.0579. The molecule has 3 heterocycles. The Morgan fingerprint density at radius 3 is 2.38 bits per heavy atom. The van der Waals surface area contributed by atoms with Crippen LogP contribution in [0, 0.1) is 25.5 Å². The SMILES string of the molecule is Cc1cc2nccc(Oc3ccc(CC(=O)c4cn(C(C)C)c(C)c(-c5ccc(F)cc5)c4=O)cc3F)c2nc1NS(C)(=O)=O. The summed E-state index contributed by atoms with van der Waals surface area (Å²) in [4.78, 5) is 35.6. The van der Waals surface area contributed by atoms with E-state index in [0.29, 0.717) is 33.5 Å². The number of aromatic nitrogens is 3. The van der Waals surface area contributed by atoms with Crippen LogP contribution in [0.2, 0.25) is 0 Å². The van der Waals surface area contributed by atoms with Crippen molar-refractivity contribution in [1.82, 2.24) is 14.5 Å². The number of anilines is 1. The van der Waals surface area contributed by atoms with E-state index in [0.717, 1.165) is 12.3 Å². The molecule has 0 aliphatic heterocycles. The maximum absolute atomic E-state index is 15.3. The molecule has 0 atom stereocenters. The number of pyridine rings is 3. The topological polar surface area (TPSA) is 120 Å². The zero-order chi connectivity index (χ0) is 32.6. The summed E-state index contributed by atoms with van der Waals surface area (Å²) in [6.07, 6.45) is 3.72. The highest BCUT2D eigenvalue weighted by Crippen LogP contribution is 2.32. The van der Waals surface area contributed by atoms with Gasteiger partial charge in [0.25, 0.3) is 0 Å². The number of nitrogens with zero attached hydrogens (tertiary/aromatic N) is 3. The Labute approximate surface area is 258 Å². The van der Waals surface area contributed by atoms with Gasteiger partial charge in [-0.25, -0.2) is 22.2 Å². The molecule has 0 spiro atoms. The van der Waals surface area contributed by atoms with Crippen molar-refractivity contribution in [3.63, 3.8) is 0 Å². The average Bonchev–Trinajstić information content (AvgIpc) is 2.95. The number of fused-ring (bicyclic) bond motifs is 1. The molecule has 0 aliphatic rings. The molecule has 5 aromatic rings. The predicted octanol–water partition coefficient (Wildman–Crippen LogP) is 6.52. The van der Waals surface area contributed by atoms with Gasteiger partial charge in [-0.1, -0.05) is 18.2 Å². The molecule has 0 saturated carbocycles. The van der Waals surface area contributed by atoms with Crippen LogP contribution >= 0.6 is 0 Å². The third-order valence-corrected chi connectivity index (χ3v) is 7.77. The fourth-order valence-corrected chi connectivity index (χ4v) is 5.61. The van der Waals surface area contributed by atoms with E-state index >= 15 is 4.39 Å². The number of rotatable bonds is 9. The number of carbonyl (C=O) groups is 1. The van der Waals surface area contributed by atoms with Crippen LogP contribution in [0.1, 0.15) is 47.1 Å². The lowest BCUT2D eigenvalue weighted by molar-refractivity contribution is 0.0991. The highest BCUT2D eigenvalue weighted by molar-refractivity contribution is 7.92. The molecule has 0 radical (unpaired) electrons. The van der Waals surface area contributed by atoms with Crippen LogP contribution in [-0.4, -0.2) is 35.0 Å². The highest BCUT2D eigenvalue weighted by atomic mass is 32.2. The lowest BCUT2D eigenvalue weighted by Gasteiger charge is -2.20. The summed E-state index contributed by atoms with van der Waals surface area (Å²) < 4.78 is 62.4. The fraction of sp³-hybridized carbons (Fsp3) is 0.212. The summed E-state index contributed by atoms with van der Waals surface area (Å²) in [6.45, 7) is 7.28. The molecular weight excluding hydrogens is 602 g/mol. The van der Waals surface area contributed by atoms with Gasteiger partial charge in [-0.2, -0.15) is 0 Å². The second kappa shape index (κ2) is 12.2. The van der Waals surface area contributed by atoms with E-state index in [1.54, 1.807) is 19.9 Å². The minimum atomic E-state index is -3.61. The Morgan fingerprint density at radius 1 is 1.02 bits per heavy atom. The van der Waals surface area contributed by atoms with Gasteiger partial charge in [0.2, 0.25) is 10.0 Å². The van der Waals surface area contributed by atoms with E-state index in [-0.39, 0.29) is 40.9 Å². The Balaban J connectivity index is 1.45. The van der Waals surface area contributed by atoms with E-state index in [1.165, 1.54) is 54.9 Å². The lowest BCUT2D eigenvalue weighted by Crippen LogP contribution is -2.24. The minimum Gasteiger partial charge on any atom is -0.452 e. The van der Waals surface area contributed by atoms with Gasteiger partial charge in [0.15, 0.2) is 28.5 Å². The molecule has 0 fully saturated rings. The molecule has 2 aromatic carbocycles. The first-order valence-corrected chi connectivity index (χ1v) is 15.9. The van der Waals surface area contributed by atoms with Crippen LogP contribution < -0.4 is 14.9 Å². The maximum atomic E-state index is 15.3. The van der Waals surface area contributed by atoms with Gasteiger partial charge in [0.05, 0.1) is 17.3 Å². The summed E-state index contributed by atoms with van der Waals surface area (Å²) >= 11 is 0. The number of hydrogen-bond donors (Lipinski definition) is 1. The fourth-order valence-electron chi connectivity index (χ4n) is 5.05. The van der Waals surface area contributed by atoms with Gasteiger partial charge in [-0.3, -0.25) is 19.3 Å². The van der Waals surface area contributed by atoms with E-state index in [9.17, 15) is 22.4 Å². The summed E-state index contributed by atoms with van der Waals surface area (Å²) in [6, 6.07) is 12.6. The van der Waals surface area contributed by atoms with Gasteiger partial charge in [0, 0.05) is 42.2 Å². The third-order valence-electron chi connectivity index (χ3n) is 7.21. The van der Waals surface area contributed by atoms with E-state index in [1.807, 2.05) is 18.4 Å². The Hall–Kier alpha value is -4.97. The smallest absolute Gasteiger partial charge is 0.230 e. The van der Waals surface area contributed by atoms with Crippen molar-refractivity contribution in [2.45, 2.75) is 40.2 Å². The van der Waals surface area contributed by atoms with Crippen molar-refractivity contribution >= 4 is 32.7 Å². The van der Waals surface area contributed by atoms with E-state index < -0.39 is 32.9 Å². The second-order valence-electron chi connectivity index (χ2n) is 11.0. The van der Waals surface area contributed by atoms with Crippen LogP contribution in [0.15, 0.2) is 71.8 Å². The van der Waals surface area contributed by atoms with Crippen LogP contribution in [0.3, 0.4) is 0 Å². The number of aryl methyl sites for hydroxylation is 1. The molecule has 0 unspecified atom stereocenters. The van der Waals surface area contributed by atoms with Crippen molar-refractivity contribution in [3.8, 4) is 22.6 Å². The van der Waals surface area contributed by atoms with E-state index in [2.05, 4.69) is 14.7 Å². The van der Waals surface area contributed by atoms with Crippen molar-refractivity contribution < 1.29 is 26.7 Å². The molecule has 232 valence electrons. The summed E-state index contributed by atoms with van der Waals surface area (Å²) in [5.74, 6) is -1.64. The molecule has 0 amide bonds. The molecule has 0 aliphatic carbocycles. The first-order chi connectivity index (χ1) is 21.2. The summed E-state index contributed by atoms with van der Waals surface area (Å²) in [5, 5.41) is 0. The number of sulfonamides is 1. The number of carbonyl (C=O) groups excluding carboxylic acids is 1. The lowest BCUT2D eigenvalue weighted by atomic mass is 9.97. The monoisotopic (exact) mass is 632 g/mol. The first kappa shape index (κ1) is 31.5. The van der Waals surface area contributed by atoms with Crippen molar-refractivity contribution in [2.24, 2.45) is 0 Å². The van der Waals surface area contributed by atoms with Gasteiger partial charge in [0.1, 0.15) is 17.2 Å². The molecule has 45 heavy (non-hydrogen) atoms. The Kier molecular flexibility index (Phi) is 8.53. The summed E-state index contributed by atoms with van der Waals surface area (Å²) in [7, 11) is -3.61. The van der Waals surface area contributed by atoms with Crippen LogP contribution in [0.25, 0.3) is 22.2 Å². The van der Waals surface area contributed by atoms with Crippen molar-refractivity contribution in [3.05, 3.63) is 111 Å². The Morgan fingerprint density at radius 2 is 1.73 bits per heavy atom. The first-order valence-electron chi connectivity index (χ1n) is 14.0. The number of nitrogens with one attached hydrogen (secondary N) is 1.